The van der Waals surface area contributed by atoms with E-state index in [9.17, 15) is 8.78 Å². The zero-order valence-corrected chi connectivity index (χ0v) is 9.67. The van der Waals surface area contributed by atoms with E-state index in [0.29, 0.717) is 13.1 Å². The molecule has 0 aliphatic carbocycles. The van der Waals surface area contributed by atoms with Gasteiger partial charge in [-0.1, -0.05) is 0 Å². The average Bonchev–Trinajstić information content (AvgIpc) is 2.19. The molecular weight excluding hydrogens is 266 g/mol. The van der Waals surface area contributed by atoms with E-state index >= 15 is 0 Å². The highest BCUT2D eigenvalue weighted by Crippen LogP contribution is 2.32. The van der Waals surface area contributed by atoms with Gasteiger partial charge in [0.25, 0.3) is 5.92 Å². The summed E-state index contributed by atoms with van der Waals surface area (Å²) in [7, 11) is 0. The zero-order chi connectivity index (χ0) is 10.9. The van der Waals surface area contributed by atoms with Gasteiger partial charge in [-0.2, -0.15) is 0 Å². The minimum atomic E-state index is -2.49. The number of halogens is 3. The maximum absolute atomic E-state index is 12.9. The maximum Gasteiger partial charge on any atom is 0.251 e. The number of hydrogen-bond donors (Lipinski definition) is 0. The van der Waals surface area contributed by atoms with Gasteiger partial charge in [0.2, 0.25) is 0 Å². The molecule has 0 atom stereocenters. The van der Waals surface area contributed by atoms with E-state index in [1.807, 2.05) is 11.0 Å². The number of pyridine rings is 1. The number of hydrogen-bond acceptors (Lipinski definition) is 2. The molecule has 2 rings (SSSR count). The molecule has 15 heavy (non-hydrogen) atoms. The smallest absolute Gasteiger partial charge is 0.251 e. The van der Waals surface area contributed by atoms with Crippen LogP contribution in [-0.2, 0) is 0 Å². The Morgan fingerprint density at radius 1 is 1.33 bits per heavy atom. The van der Waals surface area contributed by atoms with Crippen molar-refractivity contribution in [2.45, 2.75) is 18.8 Å². The fourth-order valence-electron chi connectivity index (χ4n) is 1.68. The third-order valence-corrected chi connectivity index (χ3v) is 3.25. The zero-order valence-electron chi connectivity index (χ0n) is 8.09. The van der Waals surface area contributed by atoms with Gasteiger partial charge in [-0.25, -0.2) is 8.78 Å². The lowest BCUT2D eigenvalue weighted by Crippen LogP contribution is -2.39. The van der Waals surface area contributed by atoms with Crippen molar-refractivity contribution in [1.82, 2.24) is 4.98 Å². The summed E-state index contributed by atoms with van der Waals surface area (Å²) in [6.07, 6.45) is 3.22. The van der Waals surface area contributed by atoms with Crippen molar-refractivity contribution in [1.29, 1.82) is 0 Å². The second-order valence-corrected chi connectivity index (χ2v) is 4.52. The molecule has 0 bridgehead atoms. The van der Waals surface area contributed by atoms with Crippen LogP contribution in [0.3, 0.4) is 0 Å². The van der Waals surface area contributed by atoms with Crippen LogP contribution in [0.15, 0.2) is 22.9 Å². The van der Waals surface area contributed by atoms with E-state index in [2.05, 4.69) is 20.9 Å². The summed E-state index contributed by atoms with van der Waals surface area (Å²) in [5.41, 5.74) is 0.896. The van der Waals surface area contributed by atoms with Crippen molar-refractivity contribution in [2.75, 3.05) is 18.0 Å². The fraction of sp³-hybridized carbons (Fsp3) is 0.500. The number of anilines is 1. The van der Waals surface area contributed by atoms with Crippen molar-refractivity contribution in [3.63, 3.8) is 0 Å². The Balaban J connectivity index is 2.11. The summed E-state index contributed by atoms with van der Waals surface area (Å²) in [5, 5.41) is 0. The second kappa shape index (κ2) is 4.04. The van der Waals surface area contributed by atoms with Crippen LogP contribution in [0.4, 0.5) is 14.5 Å². The first kappa shape index (κ1) is 10.8. The molecule has 1 saturated heterocycles. The molecule has 82 valence electrons. The van der Waals surface area contributed by atoms with Crippen LogP contribution >= 0.6 is 15.9 Å². The SMILES string of the molecule is FC1(F)CCN(c2cnccc2Br)CC1. The highest BCUT2D eigenvalue weighted by atomic mass is 79.9. The standard InChI is InChI=1S/C10H11BrF2N2/c11-8-1-4-14-7-9(8)15-5-2-10(12,13)3-6-15/h1,4,7H,2-3,5-6H2. The van der Waals surface area contributed by atoms with E-state index in [1.54, 1.807) is 12.4 Å². The Labute approximate surface area is 95.4 Å². The Morgan fingerprint density at radius 3 is 2.60 bits per heavy atom. The summed E-state index contributed by atoms with van der Waals surface area (Å²) in [5.74, 6) is -2.49. The molecule has 0 amide bonds. The van der Waals surface area contributed by atoms with E-state index in [1.165, 1.54) is 0 Å². The second-order valence-electron chi connectivity index (χ2n) is 3.67. The summed E-state index contributed by atoms with van der Waals surface area (Å²) >= 11 is 3.39. The van der Waals surface area contributed by atoms with Gasteiger partial charge in [0.05, 0.1) is 11.9 Å². The number of nitrogens with zero attached hydrogens (tertiary/aromatic N) is 2. The molecule has 0 saturated carbocycles. The number of rotatable bonds is 1. The lowest BCUT2D eigenvalue weighted by Gasteiger charge is -2.33. The first-order chi connectivity index (χ1) is 7.08. The van der Waals surface area contributed by atoms with Gasteiger partial charge in [0, 0.05) is 36.6 Å². The predicted molar refractivity (Wildman–Crippen MR) is 58.3 cm³/mol. The van der Waals surface area contributed by atoms with Crippen molar-refractivity contribution in [2.24, 2.45) is 0 Å². The van der Waals surface area contributed by atoms with Crippen LogP contribution in [0.25, 0.3) is 0 Å². The van der Waals surface area contributed by atoms with Gasteiger partial charge in [-0.15, -0.1) is 0 Å². The van der Waals surface area contributed by atoms with Crippen molar-refractivity contribution in [3.05, 3.63) is 22.9 Å². The van der Waals surface area contributed by atoms with Crippen LogP contribution < -0.4 is 4.90 Å². The summed E-state index contributed by atoms with van der Waals surface area (Å²) in [4.78, 5) is 5.94. The highest BCUT2D eigenvalue weighted by molar-refractivity contribution is 9.10. The van der Waals surface area contributed by atoms with Crippen molar-refractivity contribution < 1.29 is 8.78 Å². The number of aromatic nitrogens is 1. The normalized spacial score (nSPS) is 20.3. The maximum atomic E-state index is 12.9. The Morgan fingerprint density at radius 2 is 2.00 bits per heavy atom. The molecule has 2 nitrogen and oxygen atoms in total. The van der Waals surface area contributed by atoms with Crippen molar-refractivity contribution in [3.8, 4) is 0 Å². The molecule has 2 heterocycles. The molecule has 0 N–H and O–H groups in total. The third kappa shape index (κ3) is 2.45. The van der Waals surface area contributed by atoms with Gasteiger partial charge >= 0.3 is 0 Å². The number of alkyl halides is 2. The Kier molecular flexibility index (Phi) is 2.91. The molecule has 0 spiro atoms. The molecule has 1 fully saturated rings. The largest absolute Gasteiger partial charge is 0.369 e. The quantitative estimate of drug-likeness (QED) is 0.784. The molecule has 0 unspecified atom stereocenters. The minimum Gasteiger partial charge on any atom is -0.369 e. The fourth-order valence-corrected chi connectivity index (χ4v) is 2.15. The monoisotopic (exact) mass is 276 g/mol. The Bertz CT molecular complexity index is 347. The molecule has 1 aromatic heterocycles. The van der Waals surface area contributed by atoms with Gasteiger partial charge in [0.15, 0.2) is 0 Å². The van der Waals surface area contributed by atoms with Gasteiger partial charge < -0.3 is 4.90 Å². The van der Waals surface area contributed by atoms with Crippen LogP contribution in [0.1, 0.15) is 12.8 Å². The molecular formula is C10H11BrF2N2. The molecule has 1 aromatic rings. The summed E-state index contributed by atoms with van der Waals surface area (Å²) in [6.45, 7) is 0.772. The minimum absolute atomic E-state index is 0.0751. The molecule has 5 heteroatoms. The van der Waals surface area contributed by atoms with E-state index in [4.69, 9.17) is 0 Å². The van der Waals surface area contributed by atoms with Gasteiger partial charge in [-0.3, -0.25) is 4.98 Å². The molecule has 1 aliphatic heterocycles. The van der Waals surface area contributed by atoms with Crippen LogP contribution in [0, 0.1) is 0 Å². The van der Waals surface area contributed by atoms with Gasteiger partial charge in [-0.05, 0) is 22.0 Å². The Hall–Kier alpha value is -0.710. The summed E-state index contributed by atoms with van der Waals surface area (Å²) < 4.78 is 26.8. The number of piperidine rings is 1. The summed E-state index contributed by atoms with van der Waals surface area (Å²) in [6, 6.07) is 1.82. The first-order valence-corrected chi connectivity index (χ1v) is 5.60. The average molecular weight is 277 g/mol. The van der Waals surface area contributed by atoms with E-state index < -0.39 is 5.92 Å². The lowest BCUT2D eigenvalue weighted by molar-refractivity contribution is -0.0220. The molecule has 0 aromatic carbocycles. The third-order valence-electron chi connectivity index (χ3n) is 2.58. The highest BCUT2D eigenvalue weighted by Gasteiger charge is 2.34. The van der Waals surface area contributed by atoms with Crippen LogP contribution in [0.2, 0.25) is 0 Å². The van der Waals surface area contributed by atoms with Crippen LogP contribution in [-0.4, -0.2) is 24.0 Å². The topological polar surface area (TPSA) is 16.1 Å². The van der Waals surface area contributed by atoms with Crippen LogP contribution in [0.5, 0.6) is 0 Å². The van der Waals surface area contributed by atoms with E-state index in [-0.39, 0.29) is 12.8 Å². The lowest BCUT2D eigenvalue weighted by atomic mass is 10.1. The predicted octanol–water partition coefficient (Wildman–Crippen LogP) is 3.08. The molecule has 0 radical (unpaired) electrons. The van der Waals surface area contributed by atoms with Crippen molar-refractivity contribution >= 4 is 21.6 Å². The molecule has 1 aliphatic rings. The van der Waals surface area contributed by atoms with Gasteiger partial charge in [0.1, 0.15) is 0 Å². The van der Waals surface area contributed by atoms with E-state index in [0.717, 1.165) is 10.2 Å². The first-order valence-electron chi connectivity index (χ1n) is 4.81.